The first-order chi connectivity index (χ1) is 11.7. The van der Waals surface area contributed by atoms with E-state index in [0.717, 1.165) is 22.4 Å². The van der Waals surface area contributed by atoms with E-state index in [4.69, 9.17) is 0 Å². The summed E-state index contributed by atoms with van der Waals surface area (Å²) in [6, 6.07) is 2.38. The summed E-state index contributed by atoms with van der Waals surface area (Å²) in [4.78, 5) is 17.1. The Morgan fingerprint density at radius 1 is 1.36 bits per heavy atom. The van der Waals surface area contributed by atoms with Crippen LogP contribution in [-0.2, 0) is 17.4 Å². The molecule has 0 bridgehead atoms. The Balaban J connectivity index is 1.67. The van der Waals surface area contributed by atoms with Crippen molar-refractivity contribution >= 4 is 27.9 Å². The van der Waals surface area contributed by atoms with Crippen LogP contribution >= 0.6 is 11.3 Å². The predicted octanol–water partition coefficient (Wildman–Crippen LogP) is 4.43. The lowest BCUT2D eigenvalue weighted by molar-refractivity contribution is -0.140. The average Bonchev–Trinajstić information content (AvgIpc) is 3.05. The fourth-order valence-electron chi connectivity index (χ4n) is 2.41. The van der Waals surface area contributed by atoms with Gasteiger partial charge in [-0.25, -0.2) is 9.37 Å². The van der Waals surface area contributed by atoms with E-state index in [2.05, 4.69) is 10.3 Å². The number of imidazole rings is 1. The van der Waals surface area contributed by atoms with Gasteiger partial charge in [0.15, 0.2) is 4.96 Å². The number of aryl methyl sites for hydroxylation is 2. The molecule has 0 aliphatic rings. The lowest BCUT2D eigenvalue weighted by Gasteiger charge is -2.11. The van der Waals surface area contributed by atoms with Gasteiger partial charge in [-0.2, -0.15) is 13.2 Å². The van der Waals surface area contributed by atoms with Crippen LogP contribution in [0.15, 0.2) is 29.8 Å². The number of halogens is 4. The first kappa shape index (κ1) is 17.4. The van der Waals surface area contributed by atoms with Gasteiger partial charge in [-0.3, -0.25) is 9.20 Å². The smallest absolute Gasteiger partial charge is 0.326 e. The molecule has 3 aromatic rings. The number of rotatable bonds is 4. The van der Waals surface area contributed by atoms with E-state index in [0.29, 0.717) is 18.6 Å². The van der Waals surface area contributed by atoms with E-state index in [1.165, 1.54) is 11.3 Å². The van der Waals surface area contributed by atoms with Crippen molar-refractivity contribution in [2.45, 2.75) is 25.9 Å². The molecule has 25 heavy (non-hydrogen) atoms. The second-order valence-corrected chi connectivity index (χ2v) is 6.34. The Kier molecular flexibility index (Phi) is 4.51. The summed E-state index contributed by atoms with van der Waals surface area (Å²) in [5, 5.41) is 4.25. The first-order valence-corrected chi connectivity index (χ1v) is 8.20. The third-order valence-corrected chi connectivity index (χ3v) is 4.46. The van der Waals surface area contributed by atoms with Crippen LogP contribution < -0.4 is 5.32 Å². The van der Waals surface area contributed by atoms with Crippen LogP contribution in [0.5, 0.6) is 0 Å². The van der Waals surface area contributed by atoms with Crippen LogP contribution in [0.3, 0.4) is 0 Å². The molecule has 1 amide bonds. The zero-order valence-corrected chi connectivity index (χ0v) is 13.8. The Morgan fingerprint density at radius 2 is 2.12 bits per heavy atom. The molecule has 2 heterocycles. The van der Waals surface area contributed by atoms with Crippen molar-refractivity contribution in [3.63, 3.8) is 0 Å². The van der Waals surface area contributed by atoms with Gasteiger partial charge in [-0.15, -0.1) is 11.3 Å². The van der Waals surface area contributed by atoms with Crippen LogP contribution in [0.25, 0.3) is 4.96 Å². The minimum absolute atomic E-state index is 0.0851. The fourth-order valence-corrected chi connectivity index (χ4v) is 3.36. The maximum atomic E-state index is 13.2. The zero-order valence-electron chi connectivity index (χ0n) is 13.0. The van der Waals surface area contributed by atoms with Crippen molar-refractivity contribution in [1.82, 2.24) is 9.38 Å². The number of fused-ring (bicyclic) bond motifs is 1. The van der Waals surface area contributed by atoms with Crippen LogP contribution in [0.4, 0.5) is 23.2 Å². The standard InChI is InChI=1S/C16H13F4N3OS/c1-9-7-23-11(8-25-15(23)21-9)3-5-14(24)22-10-2-4-13(17)12(6-10)16(18,19)20/h2,4,6-8H,3,5H2,1H3,(H,22,24). The number of alkyl halides is 3. The highest BCUT2D eigenvalue weighted by atomic mass is 32.1. The van der Waals surface area contributed by atoms with Gasteiger partial charge in [0.05, 0.1) is 11.3 Å². The Labute approximate surface area is 144 Å². The molecule has 0 aliphatic carbocycles. The molecule has 4 nitrogen and oxygen atoms in total. The number of carbonyl (C=O) groups is 1. The minimum atomic E-state index is -4.81. The first-order valence-electron chi connectivity index (χ1n) is 7.32. The summed E-state index contributed by atoms with van der Waals surface area (Å²) >= 11 is 1.45. The summed E-state index contributed by atoms with van der Waals surface area (Å²) in [7, 11) is 0. The maximum Gasteiger partial charge on any atom is 0.419 e. The summed E-state index contributed by atoms with van der Waals surface area (Å²) in [6.07, 6.45) is -2.46. The molecule has 1 N–H and O–H groups in total. The van der Waals surface area contributed by atoms with Crippen molar-refractivity contribution < 1.29 is 22.4 Å². The second kappa shape index (κ2) is 6.47. The SMILES string of the molecule is Cc1cn2c(CCC(=O)Nc3ccc(F)c(C(F)(F)F)c3)csc2n1. The molecular formula is C16H13F4N3OS. The number of nitrogens with one attached hydrogen (secondary N) is 1. The molecule has 132 valence electrons. The van der Waals surface area contributed by atoms with Crippen molar-refractivity contribution in [3.05, 3.63) is 52.5 Å². The molecule has 3 rings (SSSR count). The van der Waals surface area contributed by atoms with Crippen LogP contribution in [0.1, 0.15) is 23.4 Å². The predicted molar refractivity (Wildman–Crippen MR) is 86.2 cm³/mol. The van der Waals surface area contributed by atoms with Gasteiger partial charge >= 0.3 is 6.18 Å². The minimum Gasteiger partial charge on any atom is -0.326 e. The van der Waals surface area contributed by atoms with E-state index in [-0.39, 0.29) is 12.1 Å². The molecule has 9 heteroatoms. The van der Waals surface area contributed by atoms with Crippen molar-refractivity contribution in [2.75, 3.05) is 5.32 Å². The van der Waals surface area contributed by atoms with Gasteiger partial charge in [-0.05, 0) is 31.5 Å². The highest BCUT2D eigenvalue weighted by Crippen LogP contribution is 2.33. The van der Waals surface area contributed by atoms with Crippen molar-refractivity contribution in [2.24, 2.45) is 0 Å². The monoisotopic (exact) mass is 371 g/mol. The highest BCUT2D eigenvalue weighted by Gasteiger charge is 2.34. The van der Waals surface area contributed by atoms with E-state index in [9.17, 15) is 22.4 Å². The topological polar surface area (TPSA) is 46.4 Å². The van der Waals surface area contributed by atoms with Crippen molar-refractivity contribution in [3.8, 4) is 0 Å². The van der Waals surface area contributed by atoms with Crippen molar-refractivity contribution in [1.29, 1.82) is 0 Å². The van der Waals surface area contributed by atoms with Crippen LogP contribution in [0.2, 0.25) is 0 Å². The number of hydrogen-bond donors (Lipinski definition) is 1. The number of anilines is 1. The number of amides is 1. The number of aromatic nitrogens is 2. The van der Waals surface area contributed by atoms with Gasteiger partial charge in [0.2, 0.25) is 5.91 Å². The molecule has 0 spiro atoms. The third kappa shape index (κ3) is 3.81. The molecule has 0 unspecified atom stereocenters. The van der Waals surface area contributed by atoms with Crippen LogP contribution in [-0.4, -0.2) is 15.3 Å². The molecule has 2 aromatic heterocycles. The maximum absolute atomic E-state index is 13.2. The molecule has 0 fully saturated rings. The summed E-state index contributed by atoms with van der Waals surface area (Å²) in [6.45, 7) is 1.86. The van der Waals surface area contributed by atoms with Gasteiger partial charge in [0.1, 0.15) is 5.82 Å². The zero-order chi connectivity index (χ0) is 18.2. The molecule has 0 atom stereocenters. The number of benzene rings is 1. The van der Waals surface area contributed by atoms with Gasteiger partial charge in [0, 0.05) is 29.4 Å². The largest absolute Gasteiger partial charge is 0.419 e. The molecule has 0 saturated heterocycles. The number of hydrogen-bond acceptors (Lipinski definition) is 3. The Hall–Kier alpha value is -2.42. The molecular weight excluding hydrogens is 358 g/mol. The fraction of sp³-hybridized carbons (Fsp3) is 0.250. The molecule has 0 saturated carbocycles. The second-order valence-electron chi connectivity index (χ2n) is 5.50. The number of thiazole rings is 1. The van der Waals surface area contributed by atoms with E-state index >= 15 is 0 Å². The Morgan fingerprint density at radius 3 is 2.84 bits per heavy atom. The molecule has 1 aromatic carbocycles. The summed E-state index contributed by atoms with van der Waals surface area (Å²) < 4.78 is 53.2. The molecule has 0 radical (unpaired) electrons. The molecule has 0 aliphatic heterocycles. The highest BCUT2D eigenvalue weighted by molar-refractivity contribution is 7.15. The number of nitrogens with zero attached hydrogens (tertiary/aromatic N) is 2. The van der Waals surface area contributed by atoms with E-state index in [1.807, 2.05) is 22.9 Å². The van der Waals surface area contributed by atoms with E-state index < -0.39 is 23.5 Å². The normalized spacial score (nSPS) is 11.9. The lowest BCUT2D eigenvalue weighted by Crippen LogP contribution is -2.14. The van der Waals surface area contributed by atoms with E-state index in [1.54, 1.807) is 0 Å². The summed E-state index contributed by atoms with van der Waals surface area (Å²) in [5.41, 5.74) is 0.265. The quantitative estimate of drug-likeness (QED) is 0.690. The van der Waals surface area contributed by atoms with Gasteiger partial charge < -0.3 is 5.32 Å². The van der Waals surface area contributed by atoms with Gasteiger partial charge in [-0.1, -0.05) is 0 Å². The summed E-state index contributed by atoms with van der Waals surface area (Å²) in [5.74, 6) is -1.82. The third-order valence-electron chi connectivity index (χ3n) is 3.57. The lowest BCUT2D eigenvalue weighted by atomic mass is 10.1. The number of carbonyl (C=O) groups excluding carboxylic acids is 1. The Bertz CT molecular complexity index is 929. The van der Waals surface area contributed by atoms with Gasteiger partial charge in [0.25, 0.3) is 0 Å². The van der Waals surface area contributed by atoms with Crippen LogP contribution in [0, 0.1) is 12.7 Å². The average molecular weight is 371 g/mol.